The van der Waals surface area contributed by atoms with Gasteiger partial charge < -0.3 is 10.1 Å². The van der Waals surface area contributed by atoms with E-state index in [1.807, 2.05) is 6.92 Å². The van der Waals surface area contributed by atoms with Gasteiger partial charge in [0.1, 0.15) is 17.3 Å². The van der Waals surface area contributed by atoms with Crippen molar-refractivity contribution in [2.75, 3.05) is 17.2 Å². The first kappa shape index (κ1) is 24.4. The van der Waals surface area contributed by atoms with Gasteiger partial charge in [-0.1, -0.05) is 12.1 Å². The molecule has 4 rings (SSSR count). The van der Waals surface area contributed by atoms with E-state index in [-0.39, 0.29) is 29.6 Å². The minimum atomic E-state index is -0.553. The van der Waals surface area contributed by atoms with Crippen molar-refractivity contribution in [1.29, 1.82) is 0 Å². The van der Waals surface area contributed by atoms with Gasteiger partial charge in [0, 0.05) is 18.1 Å². The number of rotatable bonds is 7. The van der Waals surface area contributed by atoms with Crippen molar-refractivity contribution in [3.05, 3.63) is 95.1 Å². The number of aromatic nitrogens is 1. The Morgan fingerprint density at radius 3 is 2.66 bits per heavy atom. The lowest BCUT2D eigenvalue weighted by molar-refractivity contribution is -0.115. The number of anilines is 1. The highest BCUT2D eigenvalue weighted by Crippen LogP contribution is 2.42. The summed E-state index contributed by atoms with van der Waals surface area (Å²) in [6.07, 6.45) is 2.48. The maximum atomic E-state index is 13.4. The number of thioether (sulfide) groups is 1. The molecule has 0 radical (unpaired) electrons. The fraction of sp³-hybridized carbons (Fsp3) is 0.231. The Labute approximate surface area is 206 Å². The molecule has 2 atom stereocenters. The third kappa shape index (κ3) is 5.68. The molecule has 1 aromatic heterocycles. The van der Waals surface area contributed by atoms with Crippen molar-refractivity contribution in [3.8, 4) is 0 Å². The van der Waals surface area contributed by atoms with Gasteiger partial charge in [-0.2, -0.15) is 0 Å². The number of carbonyl (C=O) groups is 3. The maximum absolute atomic E-state index is 13.4. The zero-order valence-corrected chi connectivity index (χ0v) is 20.0. The molecule has 180 valence electrons. The van der Waals surface area contributed by atoms with E-state index in [4.69, 9.17) is 4.74 Å². The van der Waals surface area contributed by atoms with Crippen LogP contribution in [0.25, 0.3) is 0 Å². The number of amides is 2. The van der Waals surface area contributed by atoms with Gasteiger partial charge >= 0.3 is 5.97 Å². The summed E-state index contributed by atoms with van der Waals surface area (Å²) in [4.78, 5) is 43.1. The van der Waals surface area contributed by atoms with Crippen molar-refractivity contribution < 1.29 is 23.5 Å². The summed E-state index contributed by atoms with van der Waals surface area (Å²) in [5, 5.41) is 2.44. The normalized spacial score (nSPS) is 16.1. The number of benzene rings is 2. The van der Waals surface area contributed by atoms with Crippen molar-refractivity contribution in [1.82, 2.24) is 10.3 Å². The second-order valence-electron chi connectivity index (χ2n) is 8.15. The Morgan fingerprint density at radius 1 is 1.20 bits per heavy atom. The predicted octanol–water partition coefficient (Wildman–Crippen LogP) is 4.28. The highest BCUT2D eigenvalue weighted by Gasteiger charge is 2.35. The second-order valence-corrected chi connectivity index (χ2v) is 9.22. The van der Waals surface area contributed by atoms with Crippen LogP contribution in [0.5, 0.6) is 0 Å². The molecular formula is C26H24FN3O4S. The molecular weight excluding hydrogens is 469 g/mol. The summed E-state index contributed by atoms with van der Waals surface area (Å²) < 4.78 is 18.8. The standard InChI is InChI=1S/C26H24FN3O4S/c1-16-12-19(26(33)34-17(2)13-29-24(32)20-4-3-11-28-14-20)7-10-22(16)30-23(31)15-35-25(30)18-5-8-21(27)9-6-18/h3-12,14,17,25H,13,15H2,1-2H3,(H,29,32). The summed E-state index contributed by atoms with van der Waals surface area (Å²) >= 11 is 1.47. The number of aryl methyl sites for hydroxylation is 1. The molecule has 1 saturated heterocycles. The predicted molar refractivity (Wildman–Crippen MR) is 132 cm³/mol. The number of halogens is 1. The number of hydrogen-bond acceptors (Lipinski definition) is 6. The molecule has 0 saturated carbocycles. The molecule has 1 aliphatic heterocycles. The molecule has 0 spiro atoms. The molecule has 1 fully saturated rings. The lowest BCUT2D eigenvalue weighted by atomic mass is 10.1. The lowest BCUT2D eigenvalue weighted by Gasteiger charge is -2.26. The lowest BCUT2D eigenvalue weighted by Crippen LogP contribution is -2.33. The number of nitrogens with zero attached hydrogens (tertiary/aromatic N) is 2. The van der Waals surface area contributed by atoms with Crippen LogP contribution in [-0.2, 0) is 9.53 Å². The SMILES string of the molecule is Cc1cc(C(=O)OC(C)CNC(=O)c2cccnc2)ccc1N1C(=O)CSC1c1ccc(F)cc1. The van der Waals surface area contributed by atoms with Gasteiger partial charge in [0.25, 0.3) is 5.91 Å². The number of esters is 1. The van der Waals surface area contributed by atoms with Crippen molar-refractivity contribution in [2.24, 2.45) is 0 Å². The molecule has 35 heavy (non-hydrogen) atoms. The summed E-state index contributed by atoms with van der Waals surface area (Å²) in [6, 6.07) is 14.4. The topological polar surface area (TPSA) is 88.6 Å². The van der Waals surface area contributed by atoms with Crippen molar-refractivity contribution in [2.45, 2.75) is 25.3 Å². The van der Waals surface area contributed by atoms with Crippen LogP contribution in [0.2, 0.25) is 0 Å². The van der Waals surface area contributed by atoms with Crippen molar-refractivity contribution in [3.63, 3.8) is 0 Å². The molecule has 2 aromatic carbocycles. The largest absolute Gasteiger partial charge is 0.457 e. The quantitative estimate of drug-likeness (QED) is 0.494. The molecule has 0 aliphatic carbocycles. The molecule has 2 amide bonds. The fourth-order valence-corrected chi connectivity index (χ4v) is 4.91. The third-order valence-electron chi connectivity index (χ3n) is 5.50. The Hall–Kier alpha value is -3.72. The first-order chi connectivity index (χ1) is 16.8. The number of nitrogens with one attached hydrogen (secondary N) is 1. The van der Waals surface area contributed by atoms with Crippen LogP contribution in [0.4, 0.5) is 10.1 Å². The van der Waals surface area contributed by atoms with Crippen LogP contribution in [0.3, 0.4) is 0 Å². The minimum absolute atomic E-state index is 0.0549. The van der Waals surface area contributed by atoms with Gasteiger partial charge in [-0.3, -0.25) is 19.5 Å². The second kappa shape index (κ2) is 10.7. The Morgan fingerprint density at radius 2 is 1.97 bits per heavy atom. The number of hydrogen-bond donors (Lipinski definition) is 1. The molecule has 9 heteroatoms. The molecule has 3 aromatic rings. The molecule has 2 unspecified atom stereocenters. The molecule has 0 bridgehead atoms. The van der Waals surface area contributed by atoms with Crippen molar-refractivity contribution >= 4 is 35.2 Å². The molecule has 1 N–H and O–H groups in total. The summed E-state index contributed by atoms with van der Waals surface area (Å²) in [5.74, 6) is -0.904. The van der Waals surface area contributed by atoms with Crippen LogP contribution in [0, 0.1) is 12.7 Å². The summed E-state index contributed by atoms with van der Waals surface area (Å²) in [7, 11) is 0. The van der Waals surface area contributed by atoms with Gasteiger partial charge in [0.2, 0.25) is 5.91 Å². The molecule has 7 nitrogen and oxygen atoms in total. The molecule has 2 heterocycles. The number of ether oxygens (including phenoxy) is 1. The van der Waals surface area contributed by atoms with E-state index in [0.717, 1.165) is 11.1 Å². The summed E-state index contributed by atoms with van der Waals surface area (Å²) in [5.41, 5.74) is 3.01. The Kier molecular flexibility index (Phi) is 7.45. The van der Waals surface area contributed by atoms with E-state index in [0.29, 0.717) is 22.6 Å². The van der Waals surface area contributed by atoms with Crippen LogP contribution in [0.15, 0.2) is 67.0 Å². The van der Waals surface area contributed by atoms with Gasteiger partial charge in [-0.25, -0.2) is 9.18 Å². The van der Waals surface area contributed by atoms with Crippen LogP contribution >= 0.6 is 11.8 Å². The monoisotopic (exact) mass is 493 g/mol. The van der Waals surface area contributed by atoms with E-state index >= 15 is 0 Å². The number of pyridine rings is 1. The first-order valence-electron chi connectivity index (χ1n) is 11.0. The highest BCUT2D eigenvalue weighted by molar-refractivity contribution is 8.00. The van der Waals surface area contributed by atoms with E-state index in [9.17, 15) is 18.8 Å². The van der Waals surface area contributed by atoms with E-state index in [2.05, 4.69) is 10.3 Å². The van der Waals surface area contributed by atoms with Crippen LogP contribution < -0.4 is 10.2 Å². The van der Waals surface area contributed by atoms with Gasteiger partial charge in [-0.15, -0.1) is 11.8 Å². The number of carbonyl (C=O) groups excluding carboxylic acids is 3. The van der Waals surface area contributed by atoms with Gasteiger partial charge in [0.05, 0.1) is 23.4 Å². The molecule has 1 aliphatic rings. The Bertz CT molecular complexity index is 1240. The first-order valence-corrected chi connectivity index (χ1v) is 12.1. The van der Waals surface area contributed by atoms with Crippen LogP contribution in [0.1, 0.15) is 44.1 Å². The van der Waals surface area contributed by atoms with Gasteiger partial charge in [0.15, 0.2) is 0 Å². The van der Waals surface area contributed by atoms with Crippen LogP contribution in [-0.4, -0.2) is 41.2 Å². The van der Waals surface area contributed by atoms with Gasteiger partial charge in [-0.05, 0) is 67.4 Å². The zero-order valence-electron chi connectivity index (χ0n) is 19.2. The smallest absolute Gasteiger partial charge is 0.338 e. The third-order valence-corrected chi connectivity index (χ3v) is 6.71. The maximum Gasteiger partial charge on any atom is 0.338 e. The summed E-state index contributed by atoms with van der Waals surface area (Å²) in [6.45, 7) is 3.66. The van der Waals surface area contributed by atoms with E-state index < -0.39 is 12.1 Å². The average Bonchev–Trinajstić information content (AvgIpc) is 3.24. The minimum Gasteiger partial charge on any atom is -0.457 e. The van der Waals surface area contributed by atoms with E-state index in [1.165, 1.54) is 30.1 Å². The van der Waals surface area contributed by atoms with E-state index in [1.54, 1.807) is 60.5 Å². The fourth-order valence-electron chi connectivity index (χ4n) is 3.74. The Balaban J connectivity index is 1.41. The highest BCUT2D eigenvalue weighted by atomic mass is 32.2. The zero-order chi connectivity index (χ0) is 24.9. The average molecular weight is 494 g/mol.